The molecule has 2 aromatic heterocycles. The largest absolute Gasteiger partial charge is 0.443 e. The number of aromatic nitrogens is 1. The Kier molecular flexibility index (Phi) is 6.60. The molecule has 2 fully saturated rings. The van der Waals surface area contributed by atoms with Gasteiger partial charge in [0.15, 0.2) is 5.96 Å². The van der Waals surface area contributed by atoms with Crippen molar-refractivity contribution in [2.45, 2.75) is 45.1 Å². The van der Waals surface area contributed by atoms with Gasteiger partial charge >= 0.3 is 0 Å². The maximum atomic E-state index is 5.60. The number of hydrogen-bond donors (Lipinski definition) is 1. The van der Waals surface area contributed by atoms with Gasteiger partial charge in [0, 0.05) is 20.1 Å². The van der Waals surface area contributed by atoms with Crippen molar-refractivity contribution in [3.05, 3.63) is 29.5 Å². The van der Waals surface area contributed by atoms with Crippen LogP contribution in [0.25, 0.3) is 10.8 Å². The van der Waals surface area contributed by atoms with Gasteiger partial charge in [-0.15, -0.1) is 35.3 Å². The van der Waals surface area contributed by atoms with Gasteiger partial charge in [0.2, 0.25) is 5.89 Å². The van der Waals surface area contributed by atoms with Crippen LogP contribution in [0.1, 0.15) is 44.2 Å². The first kappa shape index (κ1) is 19.7. The van der Waals surface area contributed by atoms with Crippen LogP contribution >= 0.6 is 35.3 Å². The Hall–Kier alpha value is -1.09. The van der Waals surface area contributed by atoms with E-state index in [0.717, 1.165) is 29.6 Å². The Morgan fingerprint density at radius 3 is 2.92 bits per heavy atom. The van der Waals surface area contributed by atoms with Crippen LogP contribution < -0.4 is 5.32 Å². The first-order valence-corrected chi connectivity index (χ1v) is 10.1. The minimum atomic E-state index is 0. The Balaban J connectivity index is 0.00000196. The number of aliphatic imine (C=N–C) groups is 1. The van der Waals surface area contributed by atoms with E-state index >= 15 is 0 Å². The van der Waals surface area contributed by atoms with Crippen LogP contribution in [0.5, 0.6) is 0 Å². The molecule has 142 valence electrons. The molecule has 0 atom stereocenters. The summed E-state index contributed by atoms with van der Waals surface area (Å²) in [6.45, 7) is 2.90. The summed E-state index contributed by atoms with van der Waals surface area (Å²) < 4.78 is 5.60. The van der Waals surface area contributed by atoms with Crippen molar-refractivity contribution < 1.29 is 4.42 Å². The molecule has 1 aliphatic carbocycles. The van der Waals surface area contributed by atoms with Crippen molar-refractivity contribution in [3.63, 3.8) is 0 Å². The Morgan fingerprint density at radius 2 is 2.19 bits per heavy atom. The lowest BCUT2D eigenvalue weighted by Crippen LogP contribution is -2.41. The first-order chi connectivity index (χ1) is 12.3. The quantitative estimate of drug-likeness (QED) is 0.387. The van der Waals surface area contributed by atoms with E-state index in [1.54, 1.807) is 17.6 Å². The molecule has 26 heavy (non-hydrogen) atoms. The summed E-state index contributed by atoms with van der Waals surface area (Å²) in [7, 11) is 1.87. The molecule has 1 spiro atoms. The van der Waals surface area contributed by atoms with E-state index in [-0.39, 0.29) is 24.0 Å². The van der Waals surface area contributed by atoms with Gasteiger partial charge in [0.1, 0.15) is 6.26 Å². The Bertz CT molecular complexity index is 722. The highest BCUT2D eigenvalue weighted by molar-refractivity contribution is 14.0. The molecule has 0 aromatic carbocycles. The van der Waals surface area contributed by atoms with E-state index in [1.807, 2.05) is 24.6 Å². The first-order valence-electron chi connectivity index (χ1n) is 9.22. The van der Waals surface area contributed by atoms with Crippen LogP contribution in [-0.4, -0.2) is 36.0 Å². The highest BCUT2D eigenvalue weighted by Gasteiger charge is 2.39. The van der Waals surface area contributed by atoms with Crippen LogP contribution in [0.4, 0.5) is 0 Å². The summed E-state index contributed by atoms with van der Waals surface area (Å²) in [5, 5.41) is 5.50. The molecule has 1 N–H and O–H groups in total. The van der Waals surface area contributed by atoms with Crippen molar-refractivity contribution in [1.82, 2.24) is 15.2 Å². The predicted octanol–water partition coefficient (Wildman–Crippen LogP) is 4.75. The summed E-state index contributed by atoms with van der Waals surface area (Å²) in [5.41, 5.74) is 1.45. The number of thiophene rings is 1. The molecule has 2 aliphatic rings. The fourth-order valence-corrected chi connectivity index (χ4v) is 4.88. The molecule has 1 aliphatic heterocycles. The van der Waals surface area contributed by atoms with Crippen LogP contribution in [-0.2, 0) is 6.54 Å². The molecule has 2 aromatic rings. The minimum Gasteiger partial charge on any atom is -0.443 e. The van der Waals surface area contributed by atoms with Crippen LogP contribution in [0.2, 0.25) is 0 Å². The van der Waals surface area contributed by atoms with Gasteiger partial charge in [-0.3, -0.25) is 4.99 Å². The van der Waals surface area contributed by atoms with Gasteiger partial charge in [0.25, 0.3) is 0 Å². The molecule has 0 radical (unpaired) electrons. The second-order valence-corrected chi connectivity index (χ2v) is 8.20. The van der Waals surface area contributed by atoms with E-state index < -0.39 is 0 Å². The van der Waals surface area contributed by atoms with Crippen LogP contribution in [0.3, 0.4) is 0 Å². The molecule has 3 heterocycles. The van der Waals surface area contributed by atoms with Crippen LogP contribution in [0.15, 0.2) is 33.2 Å². The van der Waals surface area contributed by atoms with Gasteiger partial charge in [-0.25, -0.2) is 4.98 Å². The zero-order valence-corrected chi connectivity index (χ0v) is 18.4. The summed E-state index contributed by atoms with van der Waals surface area (Å²) in [6, 6.07) is 4.04. The number of likely N-dealkylation sites (tertiary alicyclic amines) is 1. The average Bonchev–Trinajstić information content (AvgIpc) is 3.37. The zero-order chi connectivity index (χ0) is 17.1. The fraction of sp³-hybridized carbons (Fsp3) is 0.579. The smallest absolute Gasteiger partial charge is 0.236 e. The molecule has 1 saturated heterocycles. The third kappa shape index (κ3) is 4.24. The molecule has 0 amide bonds. The topological polar surface area (TPSA) is 53.7 Å². The van der Waals surface area contributed by atoms with Crippen molar-refractivity contribution in [1.29, 1.82) is 0 Å². The lowest BCUT2D eigenvalue weighted by Gasteiger charge is -2.33. The average molecular weight is 486 g/mol. The maximum absolute atomic E-state index is 5.60. The monoisotopic (exact) mass is 486 g/mol. The van der Waals surface area contributed by atoms with Gasteiger partial charge in [-0.05, 0) is 36.1 Å². The number of nitrogens with one attached hydrogen (secondary N) is 1. The number of guanidine groups is 1. The van der Waals surface area contributed by atoms with Crippen LogP contribution in [0, 0.1) is 5.41 Å². The Labute approximate surface area is 176 Å². The van der Waals surface area contributed by atoms with Crippen molar-refractivity contribution in [3.8, 4) is 10.8 Å². The normalized spacial score (nSPS) is 19.6. The highest BCUT2D eigenvalue weighted by Crippen LogP contribution is 2.43. The molecule has 1 saturated carbocycles. The second-order valence-electron chi connectivity index (χ2n) is 7.25. The third-order valence-electron chi connectivity index (χ3n) is 5.58. The molecule has 0 bridgehead atoms. The standard InChI is InChI=1S/C19H26N4OS.HI/c1-20-18(23-10-9-19(14-23)7-3-2-4-8-19)21-12-15-13-24-17(22-15)16-6-5-11-25-16;/h5-6,11,13H,2-4,7-10,12,14H2,1H3,(H,20,21);1H. The minimum absolute atomic E-state index is 0. The SMILES string of the molecule is CN=C(NCc1coc(-c2cccs2)n1)N1CCC2(CCCCC2)C1.I. The van der Waals surface area contributed by atoms with Crippen molar-refractivity contribution in [2.75, 3.05) is 20.1 Å². The number of halogens is 1. The van der Waals surface area contributed by atoms with Gasteiger partial charge in [-0.1, -0.05) is 25.3 Å². The number of hydrogen-bond acceptors (Lipinski definition) is 4. The molecule has 0 unspecified atom stereocenters. The number of rotatable bonds is 3. The highest BCUT2D eigenvalue weighted by atomic mass is 127. The Morgan fingerprint density at radius 1 is 1.35 bits per heavy atom. The van der Waals surface area contributed by atoms with Crippen molar-refractivity contribution in [2.24, 2.45) is 10.4 Å². The van der Waals surface area contributed by atoms with E-state index in [9.17, 15) is 0 Å². The number of nitrogens with zero attached hydrogens (tertiary/aromatic N) is 3. The molecule has 5 nitrogen and oxygen atoms in total. The molecule has 7 heteroatoms. The molecule has 4 rings (SSSR count). The van der Waals surface area contributed by atoms with E-state index in [4.69, 9.17) is 4.42 Å². The third-order valence-corrected chi connectivity index (χ3v) is 6.43. The summed E-state index contributed by atoms with van der Waals surface area (Å²) in [6.07, 6.45) is 10.0. The van der Waals surface area contributed by atoms with Gasteiger partial charge in [0.05, 0.1) is 17.1 Å². The zero-order valence-electron chi connectivity index (χ0n) is 15.2. The summed E-state index contributed by atoms with van der Waals surface area (Å²) in [4.78, 5) is 12.6. The van der Waals surface area contributed by atoms with E-state index in [0.29, 0.717) is 17.9 Å². The van der Waals surface area contributed by atoms with Crippen molar-refractivity contribution >= 4 is 41.3 Å². The molecular weight excluding hydrogens is 459 g/mol. The van der Waals surface area contributed by atoms with Gasteiger partial charge in [-0.2, -0.15) is 0 Å². The summed E-state index contributed by atoms with van der Waals surface area (Å²) in [5.74, 6) is 1.69. The molecular formula is C19H27IN4OS. The second kappa shape index (κ2) is 8.73. The maximum Gasteiger partial charge on any atom is 0.236 e. The lowest BCUT2D eigenvalue weighted by molar-refractivity contribution is 0.203. The fourth-order valence-electron chi connectivity index (χ4n) is 4.23. The predicted molar refractivity (Wildman–Crippen MR) is 117 cm³/mol. The lowest BCUT2D eigenvalue weighted by atomic mass is 9.73. The van der Waals surface area contributed by atoms with Gasteiger partial charge < -0.3 is 14.6 Å². The van der Waals surface area contributed by atoms with E-state index in [1.165, 1.54) is 38.5 Å². The van der Waals surface area contributed by atoms with E-state index in [2.05, 4.69) is 20.2 Å². The summed E-state index contributed by atoms with van der Waals surface area (Å²) >= 11 is 1.64. The number of oxazole rings is 1.